The molecule has 0 saturated heterocycles. The maximum atomic E-state index is 11.5. The number of amides is 2. The Labute approximate surface area is 104 Å². The molecule has 1 aromatic carbocycles. The number of carbonyl (C=O) groups excluding carboxylic acids is 3. The van der Waals surface area contributed by atoms with E-state index >= 15 is 0 Å². The Hall–Kier alpha value is -2.21. The van der Waals surface area contributed by atoms with Crippen LogP contribution in [0.1, 0.15) is 10.4 Å². The number of methoxy groups -OCH3 is 1. The molecule has 0 saturated carbocycles. The molecule has 1 N–H and O–H groups in total. The normalized spacial score (nSPS) is 9.61. The first-order valence-corrected chi connectivity index (χ1v) is 5.17. The third-order valence-electron chi connectivity index (χ3n) is 1.92. The number of nitrogens with one attached hydrogen (secondary N) is 1. The van der Waals surface area contributed by atoms with Gasteiger partial charge >= 0.3 is 5.97 Å². The predicted molar refractivity (Wildman–Crippen MR) is 61.8 cm³/mol. The molecule has 0 aromatic heterocycles. The highest BCUT2D eigenvalue weighted by Crippen LogP contribution is 1.97. The van der Waals surface area contributed by atoms with Crippen LogP contribution in [0.3, 0.4) is 0 Å². The van der Waals surface area contributed by atoms with Crippen molar-refractivity contribution >= 4 is 17.8 Å². The molecule has 0 heterocycles. The van der Waals surface area contributed by atoms with E-state index < -0.39 is 24.4 Å². The van der Waals surface area contributed by atoms with Crippen LogP contribution in [0.5, 0.6) is 0 Å². The largest absolute Gasteiger partial charge is 0.454 e. The minimum atomic E-state index is -0.687. The molecule has 18 heavy (non-hydrogen) atoms. The Morgan fingerprint density at radius 1 is 1.11 bits per heavy atom. The first-order chi connectivity index (χ1) is 8.63. The van der Waals surface area contributed by atoms with E-state index in [1.54, 1.807) is 30.3 Å². The number of carbonyl (C=O) groups is 3. The molecular formula is C12H13NO5. The summed E-state index contributed by atoms with van der Waals surface area (Å²) in [4.78, 5) is 33.7. The zero-order valence-corrected chi connectivity index (χ0v) is 9.84. The lowest BCUT2D eigenvalue weighted by molar-refractivity contribution is -0.151. The summed E-state index contributed by atoms with van der Waals surface area (Å²) in [6, 6.07) is 8.25. The molecule has 1 aromatic rings. The van der Waals surface area contributed by atoms with Crippen LogP contribution in [0.2, 0.25) is 0 Å². The zero-order valence-electron chi connectivity index (χ0n) is 9.84. The van der Waals surface area contributed by atoms with Gasteiger partial charge in [-0.2, -0.15) is 0 Å². The predicted octanol–water partition coefficient (Wildman–Crippen LogP) is 0.133. The topological polar surface area (TPSA) is 81.7 Å². The highest BCUT2D eigenvalue weighted by atomic mass is 16.6. The SMILES string of the molecule is COCC(=O)OCC(=O)NC(=O)c1ccccc1. The van der Waals surface area contributed by atoms with Gasteiger partial charge in [0, 0.05) is 12.7 Å². The van der Waals surface area contributed by atoms with Crippen molar-refractivity contribution in [2.24, 2.45) is 0 Å². The first kappa shape index (κ1) is 13.9. The Kier molecular flexibility index (Phi) is 5.53. The van der Waals surface area contributed by atoms with Crippen molar-refractivity contribution in [1.29, 1.82) is 0 Å². The van der Waals surface area contributed by atoms with E-state index in [1.165, 1.54) is 7.11 Å². The smallest absolute Gasteiger partial charge is 0.332 e. The lowest BCUT2D eigenvalue weighted by Gasteiger charge is -2.05. The Balaban J connectivity index is 2.37. The number of imide groups is 1. The minimum Gasteiger partial charge on any atom is -0.454 e. The van der Waals surface area contributed by atoms with Gasteiger partial charge in [-0.15, -0.1) is 0 Å². The van der Waals surface area contributed by atoms with Gasteiger partial charge in [-0.25, -0.2) is 4.79 Å². The van der Waals surface area contributed by atoms with Crippen LogP contribution in [-0.2, 0) is 19.1 Å². The van der Waals surface area contributed by atoms with Gasteiger partial charge in [0.05, 0.1) is 0 Å². The minimum absolute atomic E-state index is 0.236. The van der Waals surface area contributed by atoms with Crippen molar-refractivity contribution in [3.05, 3.63) is 35.9 Å². The molecule has 96 valence electrons. The van der Waals surface area contributed by atoms with Crippen molar-refractivity contribution in [3.63, 3.8) is 0 Å². The molecule has 0 aliphatic rings. The van der Waals surface area contributed by atoms with Gasteiger partial charge in [0.2, 0.25) is 0 Å². The number of ether oxygens (including phenoxy) is 2. The summed E-state index contributed by atoms with van der Waals surface area (Å²) in [5, 5.41) is 2.10. The highest BCUT2D eigenvalue weighted by Gasteiger charge is 2.11. The van der Waals surface area contributed by atoms with Crippen LogP contribution in [0, 0.1) is 0 Å². The summed E-state index contributed by atoms with van der Waals surface area (Å²) in [6.45, 7) is -0.749. The van der Waals surface area contributed by atoms with Gasteiger partial charge in [-0.1, -0.05) is 18.2 Å². The van der Waals surface area contributed by atoms with Gasteiger partial charge in [-0.05, 0) is 12.1 Å². The van der Waals surface area contributed by atoms with Gasteiger partial charge in [0.15, 0.2) is 6.61 Å². The molecule has 0 atom stereocenters. The molecule has 0 fully saturated rings. The van der Waals surface area contributed by atoms with Gasteiger partial charge in [0.1, 0.15) is 6.61 Å². The Morgan fingerprint density at radius 3 is 2.39 bits per heavy atom. The Morgan fingerprint density at radius 2 is 1.78 bits per heavy atom. The molecule has 0 radical (unpaired) electrons. The van der Waals surface area contributed by atoms with E-state index in [1.807, 2.05) is 0 Å². The lowest BCUT2D eigenvalue weighted by Crippen LogP contribution is -2.34. The van der Waals surface area contributed by atoms with Crippen LogP contribution in [-0.4, -0.2) is 38.1 Å². The fourth-order valence-corrected chi connectivity index (χ4v) is 1.13. The summed E-state index contributed by atoms with van der Waals surface area (Å²) in [5.74, 6) is -1.89. The maximum Gasteiger partial charge on any atom is 0.332 e. The molecule has 0 spiro atoms. The first-order valence-electron chi connectivity index (χ1n) is 5.17. The molecule has 0 aliphatic heterocycles. The molecule has 0 bridgehead atoms. The standard InChI is InChI=1S/C12H13NO5/c1-17-8-11(15)18-7-10(14)13-12(16)9-5-3-2-4-6-9/h2-6H,7-8H2,1H3,(H,13,14,16). The number of hydrogen-bond donors (Lipinski definition) is 1. The molecule has 0 unspecified atom stereocenters. The Bertz CT molecular complexity index is 429. The quantitative estimate of drug-likeness (QED) is 0.752. The second-order valence-electron chi connectivity index (χ2n) is 3.34. The van der Waals surface area contributed by atoms with Crippen molar-refractivity contribution in [2.75, 3.05) is 20.3 Å². The fourth-order valence-electron chi connectivity index (χ4n) is 1.13. The number of esters is 1. The van der Waals surface area contributed by atoms with Crippen molar-refractivity contribution in [1.82, 2.24) is 5.32 Å². The average molecular weight is 251 g/mol. The number of benzene rings is 1. The summed E-state index contributed by atoms with van der Waals surface area (Å²) in [7, 11) is 1.33. The molecule has 6 nitrogen and oxygen atoms in total. The highest BCUT2D eigenvalue weighted by molar-refractivity contribution is 6.05. The van der Waals surface area contributed by atoms with Gasteiger partial charge in [0.25, 0.3) is 11.8 Å². The molecule has 0 aliphatic carbocycles. The van der Waals surface area contributed by atoms with Crippen LogP contribution in [0.4, 0.5) is 0 Å². The number of hydrogen-bond acceptors (Lipinski definition) is 5. The van der Waals surface area contributed by atoms with E-state index in [0.717, 1.165) is 0 Å². The van der Waals surface area contributed by atoms with Crippen molar-refractivity contribution < 1.29 is 23.9 Å². The lowest BCUT2D eigenvalue weighted by atomic mass is 10.2. The van der Waals surface area contributed by atoms with E-state index in [0.29, 0.717) is 5.56 Å². The molecular weight excluding hydrogens is 238 g/mol. The summed E-state index contributed by atoms with van der Waals surface area (Å²) >= 11 is 0. The van der Waals surface area contributed by atoms with Crippen LogP contribution in [0.15, 0.2) is 30.3 Å². The molecule has 6 heteroatoms. The third kappa shape index (κ3) is 4.75. The second kappa shape index (κ2) is 7.18. The van der Waals surface area contributed by atoms with E-state index in [9.17, 15) is 14.4 Å². The van der Waals surface area contributed by atoms with Crippen LogP contribution in [0.25, 0.3) is 0 Å². The van der Waals surface area contributed by atoms with Crippen molar-refractivity contribution in [3.8, 4) is 0 Å². The second-order valence-corrected chi connectivity index (χ2v) is 3.34. The van der Waals surface area contributed by atoms with Gasteiger partial charge in [-0.3, -0.25) is 14.9 Å². The van der Waals surface area contributed by atoms with Crippen molar-refractivity contribution in [2.45, 2.75) is 0 Å². The molecule has 1 rings (SSSR count). The van der Waals surface area contributed by atoms with Gasteiger partial charge < -0.3 is 9.47 Å². The van der Waals surface area contributed by atoms with Crippen LogP contribution >= 0.6 is 0 Å². The monoisotopic (exact) mass is 251 g/mol. The van der Waals surface area contributed by atoms with Crippen LogP contribution < -0.4 is 5.32 Å². The summed E-state index contributed by atoms with van der Waals surface area (Å²) in [6.07, 6.45) is 0. The molecule has 2 amide bonds. The fraction of sp³-hybridized carbons (Fsp3) is 0.250. The van der Waals surface area contributed by atoms with E-state index in [-0.39, 0.29) is 6.61 Å². The van der Waals surface area contributed by atoms with E-state index in [2.05, 4.69) is 14.8 Å². The van der Waals surface area contributed by atoms with E-state index in [4.69, 9.17) is 0 Å². The summed E-state index contributed by atoms with van der Waals surface area (Å²) in [5.41, 5.74) is 0.356. The average Bonchev–Trinajstić information content (AvgIpc) is 2.38. The summed E-state index contributed by atoms with van der Waals surface area (Å²) < 4.78 is 9.07. The zero-order chi connectivity index (χ0) is 13.4. The number of rotatable bonds is 5. The maximum absolute atomic E-state index is 11.5. The third-order valence-corrected chi connectivity index (χ3v) is 1.92.